The highest BCUT2D eigenvalue weighted by molar-refractivity contribution is 5.93. The Hall–Kier alpha value is -2.16. The molecule has 0 saturated heterocycles. The third-order valence-electron chi connectivity index (χ3n) is 2.80. The summed E-state index contributed by atoms with van der Waals surface area (Å²) in [5.41, 5.74) is 3.04. The number of rotatable bonds is 4. The number of aryl methyl sites for hydroxylation is 1. The van der Waals surface area contributed by atoms with Gasteiger partial charge in [-0.05, 0) is 29.7 Å². The molecule has 0 radical (unpaired) electrons. The standard InChI is InChI=1S/C15H16N2O/c1-2-12-4-3-5-13(10-12)11-17-15(18)14-6-8-16-9-7-14/h3-10H,2,11H2,1H3,(H,17,18). The van der Waals surface area contributed by atoms with E-state index >= 15 is 0 Å². The van der Waals surface area contributed by atoms with Gasteiger partial charge in [-0.3, -0.25) is 9.78 Å². The first-order valence-electron chi connectivity index (χ1n) is 6.05. The molecule has 1 N–H and O–H groups in total. The molecule has 0 unspecified atom stereocenters. The molecule has 2 aromatic rings. The van der Waals surface area contributed by atoms with Crippen LogP contribution in [-0.4, -0.2) is 10.9 Å². The van der Waals surface area contributed by atoms with Gasteiger partial charge in [0.15, 0.2) is 0 Å². The van der Waals surface area contributed by atoms with Crippen molar-refractivity contribution in [2.75, 3.05) is 0 Å². The summed E-state index contributed by atoms with van der Waals surface area (Å²) in [6, 6.07) is 11.7. The van der Waals surface area contributed by atoms with Crippen LogP contribution >= 0.6 is 0 Å². The maximum atomic E-state index is 11.8. The van der Waals surface area contributed by atoms with E-state index in [2.05, 4.69) is 29.4 Å². The second-order valence-electron chi connectivity index (χ2n) is 4.09. The molecular weight excluding hydrogens is 224 g/mol. The van der Waals surface area contributed by atoms with Crippen molar-refractivity contribution < 1.29 is 4.79 Å². The predicted molar refractivity (Wildman–Crippen MR) is 71.2 cm³/mol. The third-order valence-corrected chi connectivity index (χ3v) is 2.80. The lowest BCUT2D eigenvalue weighted by Crippen LogP contribution is -2.22. The van der Waals surface area contributed by atoms with Crippen LogP contribution in [-0.2, 0) is 13.0 Å². The van der Waals surface area contributed by atoms with Crippen LogP contribution in [0, 0.1) is 0 Å². The van der Waals surface area contributed by atoms with Crippen LogP contribution < -0.4 is 5.32 Å². The van der Waals surface area contributed by atoms with Crippen LogP contribution in [0.4, 0.5) is 0 Å². The zero-order valence-corrected chi connectivity index (χ0v) is 10.4. The van der Waals surface area contributed by atoms with Crippen LogP contribution in [0.15, 0.2) is 48.8 Å². The molecule has 0 aliphatic heterocycles. The molecule has 0 fully saturated rings. The summed E-state index contributed by atoms with van der Waals surface area (Å²) in [7, 11) is 0. The van der Waals surface area contributed by atoms with Crippen molar-refractivity contribution in [2.45, 2.75) is 19.9 Å². The highest BCUT2D eigenvalue weighted by Gasteiger charge is 2.04. The van der Waals surface area contributed by atoms with E-state index in [1.165, 1.54) is 5.56 Å². The number of amides is 1. The van der Waals surface area contributed by atoms with Crippen molar-refractivity contribution in [3.8, 4) is 0 Å². The van der Waals surface area contributed by atoms with Crippen molar-refractivity contribution in [1.82, 2.24) is 10.3 Å². The largest absolute Gasteiger partial charge is 0.348 e. The summed E-state index contributed by atoms with van der Waals surface area (Å²) >= 11 is 0. The molecule has 0 atom stereocenters. The average Bonchev–Trinajstić information content (AvgIpc) is 2.46. The number of benzene rings is 1. The topological polar surface area (TPSA) is 42.0 Å². The van der Waals surface area contributed by atoms with Gasteiger partial charge in [0.05, 0.1) is 0 Å². The van der Waals surface area contributed by atoms with Crippen molar-refractivity contribution >= 4 is 5.91 Å². The lowest BCUT2D eigenvalue weighted by molar-refractivity contribution is 0.0951. The molecule has 0 bridgehead atoms. The van der Waals surface area contributed by atoms with Crippen molar-refractivity contribution in [2.24, 2.45) is 0 Å². The van der Waals surface area contributed by atoms with Gasteiger partial charge in [-0.2, -0.15) is 0 Å². The third kappa shape index (κ3) is 3.17. The van der Waals surface area contributed by atoms with Crippen LogP contribution in [0.1, 0.15) is 28.4 Å². The monoisotopic (exact) mass is 240 g/mol. The first-order valence-corrected chi connectivity index (χ1v) is 6.05. The smallest absolute Gasteiger partial charge is 0.251 e. The minimum atomic E-state index is -0.0701. The van der Waals surface area contributed by atoms with Crippen molar-refractivity contribution in [3.63, 3.8) is 0 Å². The summed E-state index contributed by atoms with van der Waals surface area (Å²) in [5, 5.41) is 2.90. The maximum absolute atomic E-state index is 11.8. The van der Waals surface area contributed by atoms with Gasteiger partial charge in [0.25, 0.3) is 5.91 Å². The van der Waals surface area contributed by atoms with Gasteiger partial charge in [-0.25, -0.2) is 0 Å². The molecule has 18 heavy (non-hydrogen) atoms. The van der Waals surface area contributed by atoms with Crippen LogP contribution in [0.5, 0.6) is 0 Å². The molecule has 0 spiro atoms. The van der Waals surface area contributed by atoms with Crippen molar-refractivity contribution in [1.29, 1.82) is 0 Å². The van der Waals surface area contributed by atoms with E-state index in [0.29, 0.717) is 12.1 Å². The van der Waals surface area contributed by atoms with Gasteiger partial charge in [-0.1, -0.05) is 31.2 Å². The van der Waals surface area contributed by atoms with E-state index in [1.54, 1.807) is 24.5 Å². The lowest BCUT2D eigenvalue weighted by Gasteiger charge is -2.06. The number of hydrogen-bond acceptors (Lipinski definition) is 2. The first-order chi connectivity index (χ1) is 8.79. The average molecular weight is 240 g/mol. The maximum Gasteiger partial charge on any atom is 0.251 e. The number of pyridine rings is 1. The van der Waals surface area contributed by atoms with E-state index in [1.807, 2.05) is 12.1 Å². The number of aromatic nitrogens is 1. The lowest BCUT2D eigenvalue weighted by atomic mass is 10.1. The summed E-state index contributed by atoms with van der Waals surface area (Å²) in [4.78, 5) is 15.7. The Morgan fingerprint density at radius 1 is 1.17 bits per heavy atom. The highest BCUT2D eigenvalue weighted by atomic mass is 16.1. The quantitative estimate of drug-likeness (QED) is 0.892. The number of carbonyl (C=O) groups excluding carboxylic acids is 1. The van der Waals surface area contributed by atoms with E-state index in [4.69, 9.17) is 0 Å². The number of carbonyl (C=O) groups is 1. The van der Waals surface area contributed by atoms with E-state index < -0.39 is 0 Å². The van der Waals surface area contributed by atoms with Crippen LogP contribution in [0.3, 0.4) is 0 Å². The van der Waals surface area contributed by atoms with Gasteiger partial charge >= 0.3 is 0 Å². The zero-order chi connectivity index (χ0) is 12.8. The molecule has 2 rings (SSSR count). The Kier molecular flexibility index (Phi) is 4.07. The van der Waals surface area contributed by atoms with Gasteiger partial charge in [-0.15, -0.1) is 0 Å². The number of hydrogen-bond donors (Lipinski definition) is 1. The second-order valence-corrected chi connectivity index (χ2v) is 4.09. The van der Waals surface area contributed by atoms with E-state index in [9.17, 15) is 4.79 Å². The van der Waals surface area contributed by atoms with Crippen molar-refractivity contribution in [3.05, 3.63) is 65.5 Å². The minimum Gasteiger partial charge on any atom is -0.348 e. The molecule has 1 aromatic heterocycles. The normalized spacial score (nSPS) is 10.1. The summed E-state index contributed by atoms with van der Waals surface area (Å²) in [6.07, 6.45) is 4.24. The molecule has 1 amide bonds. The van der Waals surface area contributed by atoms with Crippen LogP contribution in [0.2, 0.25) is 0 Å². The number of nitrogens with one attached hydrogen (secondary N) is 1. The second kappa shape index (κ2) is 5.96. The Bertz CT molecular complexity index is 523. The fourth-order valence-electron chi connectivity index (χ4n) is 1.75. The molecule has 1 aromatic carbocycles. The Balaban J connectivity index is 1.97. The molecule has 1 heterocycles. The Morgan fingerprint density at radius 2 is 1.89 bits per heavy atom. The number of nitrogens with zero attached hydrogens (tertiary/aromatic N) is 1. The molecular formula is C15H16N2O. The van der Waals surface area contributed by atoms with E-state index in [-0.39, 0.29) is 5.91 Å². The summed E-state index contributed by atoms with van der Waals surface area (Å²) in [5.74, 6) is -0.0701. The zero-order valence-electron chi connectivity index (χ0n) is 10.4. The first kappa shape index (κ1) is 12.3. The van der Waals surface area contributed by atoms with Gasteiger partial charge in [0.1, 0.15) is 0 Å². The van der Waals surface area contributed by atoms with Crippen LogP contribution in [0.25, 0.3) is 0 Å². The molecule has 0 aliphatic rings. The summed E-state index contributed by atoms with van der Waals surface area (Å²) in [6.45, 7) is 2.67. The molecule has 0 saturated carbocycles. The molecule has 92 valence electrons. The Morgan fingerprint density at radius 3 is 2.61 bits per heavy atom. The SMILES string of the molecule is CCc1cccc(CNC(=O)c2ccncc2)c1. The fraction of sp³-hybridized carbons (Fsp3) is 0.200. The van der Waals surface area contributed by atoms with Gasteiger partial charge in [0, 0.05) is 24.5 Å². The molecule has 0 aliphatic carbocycles. The Labute approximate surface area is 107 Å². The summed E-state index contributed by atoms with van der Waals surface area (Å²) < 4.78 is 0. The fourth-order valence-corrected chi connectivity index (χ4v) is 1.75. The molecule has 3 nitrogen and oxygen atoms in total. The molecule has 3 heteroatoms. The minimum absolute atomic E-state index is 0.0701. The highest BCUT2D eigenvalue weighted by Crippen LogP contribution is 2.06. The van der Waals surface area contributed by atoms with Gasteiger partial charge < -0.3 is 5.32 Å². The van der Waals surface area contributed by atoms with E-state index in [0.717, 1.165) is 12.0 Å². The van der Waals surface area contributed by atoms with Gasteiger partial charge in [0.2, 0.25) is 0 Å². The predicted octanol–water partition coefficient (Wildman–Crippen LogP) is 2.57.